The number of Topliss-reactive ketones (excluding diaryl/α,β-unsaturated/α-hetero) is 1. The third-order valence-electron chi connectivity index (χ3n) is 2.53. The number of alkyl halides is 2. The van der Waals surface area contributed by atoms with E-state index in [4.69, 9.17) is 4.74 Å². The van der Waals surface area contributed by atoms with Gasteiger partial charge in [-0.25, -0.2) is 8.78 Å². The Morgan fingerprint density at radius 1 is 1.35 bits per heavy atom. The van der Waals surface area contributed by atoms with Crippen LogP contribution in [0.25, 0.3) is 0 Å². The monoisotopic (exact) mass is 242 g/mol. The number of rotatable bonds is 5. The van der Waals surface area contributed by atoms with E-state index in [-0.39, 0.29) is 16.9 Å². The number of hydrogen-bond acceptors (Lipinski definition) is 2. The molecule has 4 heteroatoms. The van der Waals surface area contributed by atoms with E-state index >= 15 is 0 Å². The zero-order valence-corrected chi connectivity index (χ0v) is 10.2. The Hall–Kier alpha value is -1.45. The van der Waals surface area contributed by atoms with Crippen LogP contribution in [0.5, 0.6) is 5.75 Å². The molecule has 94 valence electrons. The lowest BCUT2D eigenvalue weighted by Gasteiger charge is -2.14. The zero-order chi connectivity index (χ0) is 13.0. The van der Waals surface area contributed by atoms with Gasteiger partial charge in [-0.05, 0) is 38.0 Å². The summed E-state index contributed by atoms with van der Waals surface area (Å²) in [6.07, 6.45) is -2.19. The minimum absolute atomic E-state index is 0.0581. The van der Waals surface area contributed by atoms with Crippen LogP contribution in [0.3, 0.4) is 0 Å². The van der Waals surface area contributed by atoms with Crippen LogP contribution in [-0.4, -0.2) is 12.4 Å². The Kier molecular flexibility index (Phi) is 4.61. The van der Waals surface area contributed by atoms with Crippen molar-refractivity contribution in [2.45, 2.75) is 33.6 Å². The van der Waals surface area contributed by atoms with Gasteiger partial charge in [0.05, 0.1) is 6.61 Å². The number of carbonyl (C=O) groups excluding carboxylic acids is 1. The van der Waals surface area contributed by atoms with Crippen LogP contribution in [0, 0.1) is 0 Å². The molecule has 0 N–H and O–H groups in total. The van der Waals surface area contributed by atoms with Gasteiger partial charge >= 0.3 is 0 Å². The summed E-state index contributed by atoms with van der Waals surface area (Å²) in [5.74, 6) is 0.107. The van der Waals surface area contributed by atoms with Gasteiger partial charge in [-0.1, -0.05) is 6.92 Å². The molecule has 0 atom stereocenters. The number of aryl methyl sites for hydroxylation is 1. The molecule has 0 aliphatic carbocycles. The van der Waals surface area contributed by atoms with Crippen molar-refractivity contribution in [2.24, 2.45) is 0 Å². The predicted molar refractivity (Wildman–Crippen MR) is 62.0 cm³/mol. The molecule has 0 heterocycles. The van der Waals surface area contributed by atoms with Crippen LogP contribution in [0.2, 0.25) is 0 Å². The highest BCUT2D eigenvalue weighted by atomic mass is 19.3. The van der Waals surface area contributed by atoms with Gasteiger partial charge in [0.2, 0.25) is 0 Å². The molecule has 0 amide bonds. The summed E-state index contributed by atoms with van der Waals surface area (Å²) in [6, 6.07) is 2.98. The van der Waals surface area contributed by atoms with Crippen LogP contribution in [0.15, 0.2) is 12.1 Å². The van der Waals surface area contributed by atoms with Gasteiger partial charge in [-0.2, -0.15) is 0 Å². The van der Waals surface area contributed by atoms with Gasteiger partial charge in [0.1, 0.15) is 5.75 Å². The Morgan fingerprint density at radius 3 is 2.41 bits per heavy atom. The Morgan fingerprint density at radius 2 is 2.00 bits per heavy atom. The van der Waals surface area contributed by atoms with E-state index in [1.807, 2.05) is 0 Å². The lowest BCUT2D eigenvalue weighted by atomic mass is 9.96. The fourth-order valence-electron chi connectivity index (χ4n) is 1.78. The average Bonchev–Trinajstić information content (AvgIpc) is 2.27. The first-order valence-corrected chi connectivity index (χ1v) is 5.59. The summed E-state index contributed by atoms with van der Waals surface area (Å²) in [4.78, 5) is 11.4. The van der Waals surface area contributed by atoms with E-state index in [1.54, 1.807) is 19.9 Å². The van der Waals surface area contributed by atoms with Gasteiger partial charge in [0.25, 0.3) is 6.43 Å². The lowest BCUT2D eigenvalue weighted by Crippen LogP contribution is -2.06. The van der Waals surface area contributed by atoms with Crippen molar-refractivity contribution in [3.05, 3.63) is 28.8 Å². The van der Waals surface area contributed by atoms with Gasteiger partial charge in [-0.3, -0.25) is 4.79 Å². The number of halogens is 2. The molecule has 0 saturated heterocycles. The first-order chi connectivity index (χ1) is 8.01. The molecule has 0 aliphatic rings. The smallest absolute Gasteiger partial charge is 0.264 e. The Balaban J connectivity index is 3.40. The molecule has 1 aromatic carbocycles. The number of benzene rings is 1. The molecule has 0 bridgehead atoms. The van der Waals surface area contributed by atoms with Crippen LogP contribution in [0.4, 0.5) is 8.78 Å². The molecule has 1 aromatic rings. The molecule has 1 rings (SSSR count). The van der Waals surface area contributed by atoms with Gasteiger partial charge in [0, 0.05) is 11.1 Å². The number of hydrogen-bond donors (Lipinski definition) is 0. The van der Waals surface area contributed by atoms with Crippen molar-refractivity contribution < 1.29 is 18.3 Å². The molecule has 0 saturated carbocycles. The van der Waals surface area contributed by atoms with Crippen molar-refractivity contribution in [1.82, 2.24) is 0 Å². The second-order valence-corrected chi connectivity index (χ2v) is 3.69. The fourth-order valence-corrected chi connectivity index (χ4v) is 1.78. The molecule has 0 unspecified atom stereocenters. The average molecular weight is 242 g/mol. The maximum Gasteiger partial charge on any atom is 0.264 e. The second-order valence-electron chi connectivity index (χ2n) is 3.69. The zero-order valence-electron chi connectivity index (χ0n) is 10.2. The summed E-state index contributed by atoms with van der Waals surface area (Å²) in [7, 11) is 0. The van der Waals surface area contributed by atoms with Crippen LogP contribution in [0.1, 0.15) is 48.7 Å². The van der Waals surface area contributed by atoms with E-state index in [9.17, 15) is 13.6 Å². The fraction of sp³-hybridized carbons (Fsp3) is 0.462. The maximum atomic E-state index is 13.0. The Bertz CT molecular complexity index is 414. The van der Waals surface area contributed by atoms with Crippen molar-refractivity contribution in [2.75, 3.05) is 6.61 Å². The second kappa shape index (κ2) is 5.75. The highest BCUT2D eigenvalue weighted by Gasteiger charge is 2.21. The van der Waals surface area contributed by atoms with E-state index in [2.05, 4.69) is 0 Å². The molecule has 0 aromatic heterocycles. The van der Waals surface area contributed by atoms with E-state index in [0.717, 1.165) is 0 Å². The molecule has 0 spiro atoms. The summed E-state index contributed by atoms with van der Waals surface area (Å²) >= 11 is 0. The lowest BCUT2D eigenvalue weighted by molar-refractivity contribution is 0.0997. The maximum absolute atomic E-state index is 13.0. The molecular weight excluding hydrogens is 226 g/mol. The summed E-state index contributed by atoms with van der Waals surface area (Å²) in [6.45, 7) is 5.31. The van der Waals surface area contributed by atoms with Crippen LogP contribution in [-0.2, 0) is 6.42 Å². The first kappa shape index (κ1) is 13.6. The SMILES string of the molecule is CCOc1cc(CC)c(C(F)F)c(C(C)=O)c1. The molecule has 0 fully saturated rings. The quantitative estimate of drug-likeness (QED) is 0.734. The van der Waals surface area contributed by atoms with Crippen LogP contribution >= 0.6 is 0 Å². The minimum atomic E-state index is -2.64. The third kappa shape index (κ3) is 3.02. The molecule has 0 aliphatic heterocycles. The summed E-state index contributed by atoms with van der Waals surface area (Å²) in [5, 5.41) is 0. The molecule has 0 radical (unpaired) electrons. The largest absolute Gasteiger partial charge is 0.494 e. The van der Waals surface area contributed by atoms with Gasteiger partial charge in [-0.15, -0.1) is 0 Å². The highest BCUT2D eigenvalue weighted by Crippen LogP contribution is 2.31. The van der Waals surface area contributed by atoms with Crippen molar-refractivity contribution in [3.8, 4) is 5.75 Å². The predicted octanol–water partition coefficient (Wildman–Crippen LogP) is 3.79. The molecule has 17 heavy (non-hydrogen) atoms. The summed E-state index contributed by atoms with van der Waals surface area (Å²) < 4.78 is 31.2. The van der Waals surface area contributed by atoms with Crippen molar-refractivity contribution >= 4 is 5.78 Å². The Labute approximate surface area is 99.6 Å². The standard InChI is InChI=1S/C13H16F2O2/c1-4-9-6-10(17-5-2)7-11(8(3)16)12(9)13(14)15/h6-7,13H,4-5H2,1-3H3. The van der Waals surface area contributed by atoms with Crippen LogP contribution < -0.4 is 4.74 Å². The minimum Gasteiger partial charge on any atom is -0.494 e. The number of ether oxygens (including phenoxy) is 1. The van der Waals surface area contributed by atoms with Gasteiger partial charge < -0.3 is 4.74 Å². The molecular formula is C13H16F2O2. The van der Waals surface area contributed by atoms with Crippen molar-refractivity contribution in [3.63, 3.8) is 0 Å². The third-order valence-corrected chi connectivity index (χ3v) is 2.53. The van der Waals surface area contributed by atoms with E-state index in [1.165, 1.54) is 13.0 Å². The topological polar surface area (TPSA) is 26.3 Å². The van der Waals surface area contributed by atoms with E-state index < -0.39 is 6.43 Å². The van der Waals surface area contributed by atoms with Crippen molar-refractivity contribution in [1.29, 1.82) is 0 Å². The summed E-state index contributed by atoms with van der Waals surface area (Å²) in [5.41, 5.74) is 0.363. The first-order valence-electron chi connectivity index (χ1n) is 5.59. The normalized spacial score (nSPS) is 10.7. The van der Waals surface area contributed by atoms with E-state index in [0.29, 0.717) is 24.3 Å². The van der Waals surface area contributed by atoms with Gasteiger partial charge in [0.15, 0.2) is 5.78 Å². The molecule has 2 nitrogen and oxygen atoms in total. The number of carbonyl (C=O) groups is 1. The number of ketones is 1. The highest BCUT2D eigenvalue weighted by molar-refractivity contribution is 5.96.